The average molecular weight is 439 g/mol. The number of hydrogen-bond acceptors (Lipinski definition) is 2. The van der Waals surface area contributed by atoms with Crippen LogP contribution in [0.2, 0.25) is 0 Å². The molecule has 5 rings (SSSR count). The maximum Gasteiger partial charge on any atom is 0.309 e. The molecular formula is C31H34O2. The van der Waals surface area contributed by atoms with Crippen LogP contribution in [0.25, 0.3) is 32.3 Å². The summed E-state index contributed by atoms with van der Waals surface area (Å²) in [5.41, 5.74) is 1.06. The predicted octanol–water partition coefficient (Wildman–Crippen LogP) is 8.60. The first-order chi connectivity index (χ1) is 16.0. The Hall–Kier alpha value is -2.87. The molecule has 0 aliphatic heterocycles. The predicted molar refractivity (Wildman–Crippen MR) is 138 cm³/mol. The third kappa shape index (κ3) is 4.49. The van der Waals surface area contributed by atoms with Crippen molar-refractivity contribution in [1.82, 2.24) is 0 Å². The highest BCUT2D eigenvalue weighted by Crippen LogP contribution is 2.36. The number of ether oxygens (including phenoxy) is 1. The van der Waals surface area contributed by atoms with Gasteiger partial charge in [0.1, 0.15) is 6.10 Å². The van der Waals surface area contributed by atoms with Crippen molar-refractivity contribution in [2.24, 2.45) is 17.8 Å². The largest absolute Gasteiger partial charge is 0.458 e. The molecule has 0 aromatic heterocycles. The van der Waals surface area contributed by atoms with Gasteiger partial charge in [-0.15, -0.1) is 0 Å². The van der Waals surface area contributed by atoms with Crippen molar-refractivity contribution in [1.29, 1.82) is 0 Å². The molecule has 2 heteroatoms. The van der Waals surface area contributed by atoms with Gasteiger partial charge in [-0.1, -0.05) is 56.7 Å². The number of carbonyl (C=O) groups excluding carboxylic acids is 1. The number of hydrogen-bond donors (Lipinski definition) is 0. The molecule has 170 valence electrons. The highest BCUT2D eigenvalue weighted by atomic mass is 16.5. The van der Waals surface area contributed by atoms with Crippen LogP contribution in [0.15, 0.2) is 66.7 Å². The summed E-state index contributed by atoms with van der Waals surface area (Å²) in [6.07, 6.45) is 5.24. The zero-order valence-electron chi connectivity index (χ0n) is 20.0. The minimum absolute atomic E-state index is 0.0184. The summed E-state index contributed by atoms with van der Waals surface area (Å²) in [6.45, 7) is 6.61. The van der Waals surface area contributed by atoms with Crippen LogP contribution in [-0.4, -0.2) is 5.97 Å². The van der Waals surface area contributed by atoms with Gasteiger partial charge in [-0.2, -0.15) is 0 Å². The van der Waals surface area contributed by atoms with Gasteiger partial charge in [0.05, 0.1) is 5.92 Å². The minimum atomic E-state index is -0.235. The lowest BCUT2D eigenvalue weighted by molar-refractivity contribution is -0.155. The second-order valence-corrected chi connectivity index (χ2v) is 10.1. The van der Waals surface area contributed by atoms with Gasteiger partial charge in [-0.25, -0.2) is 0 Å². The number of fused-ring (bicyclic) bond motifs is 3. The molecule has 1 saturated carbocycles. The Bertz CT molecular complexity index is 1300. The van der Waals surface area contributed by atoms with Crippen molar-refractivity contribution in [3.8, 4) is 0 Å². The Labute approximate surface area is 196 Å². The molecule has 1 aliphatic rings. The third-order valence-electron chi connectivity index (χ3n) is 8.00. The summed E-state index contributed by atoms with van der Waals surface area (Å²) in [7, 11) is 0. The summed E-state index contributed by atoms with van der Waals surface area (Å²) >= 11 is 0. The van der Waals surface area contributed by atoms with Crippen LogP contribution in [0, 0.1) is 17.8 Å². The summed E-state index contributed by atoms with van der Waals surface area (Å²) in [5.74, 6) is 1.57. The van der Waals surface area contributed by atoms with E-state index in [1.165, 1.54) is 38.7 Å². The first-order valence-corrected chi connectivity index (χ1v) is 12.6. The number of benzene rings is 4. The van der Waals surface area contributed by atoms with E-state index in [9.17, 15) is 4.79 Å². The molecule has 0 bridgehead atoms. The van der Waals surface area contributed by atoms with E-state index in [2.05, 4.69) is 80.6 Å². The molecule has 0 heterocycles. The van der Waals surface area contributed by atoms with Crippen LogP contribution < -0.4 is 0 Å². The van der Waals surface area contributed by atoms with Gasteiger partial charge in [-0.05, 0) is 113 Å². The standard InChI is InChI=1S/C31H34O2/c1-4-20(2)22-9-11-23(12-10-22)31(32)33-21(3)24-13-14-27-18-29-16-25-7-5-6-8-26(25)17-30(29)19-28(27)15-24/h5-8,13-23H,4,9-12H2,1-3H3. The van der Waals surface area contributed by atoms with E-state index in [4.69, 9.17) is 4.74 Å². The van der Waals surface area contributed by atoms with Crippen molar-refractivity contribution >= 4 is 38.3 Å². The molecular weight excluding hydrogens is 404 g/mol. The van der Waals surface area contributed by atoms with Crippen LogP contribution >= 0.6 is 0 Å². The maximum atomic E-state index is 12.9. The molecule has 0 spiro atoms. The molecule has 0 saturated heterocycles. The van der Waals surface area contributed by atoms with Gasteiger partial charge in [-0.3, -0.25) is 4.79 Å². The Morgan fingerprint density at radius 3 is 1.94 bits per heavy atom. The van der Waals surface area contributed by atoms with Crippen LogP contribution in [0.5, 0.6) is 0 Å². The highest BCUT2D eigenvalue weighted by Gasteiger charge is 2.30. The van der Waals surface area contributed by atoms with Gasteiger partial charge in [0.15, 0.2) is 0 Å². The Balaban J connectivity index is 1.33. The van der Waals surface area contributed by atoms with Crippen molar-refractivity contribution < 1.29 is 9.53 Å². The van der Waals surface area contributed by atoms with Crippen LogP contribution in [0.1, 0.15) is 64.5 Å². The number of esters is 1. The second kappa shape index (κ2) is 9.17. The molecule has 2 atom stereocenters. The van der Waals surface area contributed by atoms with E-state index in [1.807, 2.05) is 6.92 Å². The Morgan fingerprint density at radius 1 is 0.788 bits per heavy atom. The molecule has 1 fully saturated rings. The highest BCUT2D eigenvalue weighted by molar-refractivity contribution is 6.04. The number of rotatable bonds is 5. The zero-order valence-corrected chi connectivity index (χ0v) is 20.0. The van der Waals surface area contributed by atoms with Crippen LogP contribution in [0.4, 0.5) is 0 Å². The first kappa shape index (κ1) is 21.9. The molecule has 4 aromatic carbocycles. The molecule has 0 radical (unpaired) electrons. The lowest BCUT2D eigenvalue weighted by atomic mass is 9.75. The lowest BCUT2D eigenvalue weighted by Crippen LogP contribution is -2.26. The van der Waals surface area contributed by atoms with Crippen LogP contribution in [0.3, 0.4) is 0 Å². The van der Waals surface area contributed by atoms with E-state index in [-0.39, 0.29) is 18.0 Å². The quantitative estimate of drug-likeness (QED) is 0.230. The van der Waals surface area contributed by atoms with E-state index >= 15 is 0 Å². The Morgan fingerprint density at radius 2 is 1.33 bits per heavy atom. The van der Waals surface area contributed by atoms with Gasteiger partial charge in [0.25, 0.3) is 0 Å². The molecule has 0 amide bonds. The Kier molecular flexibility index (Phi) is 6.10. The third-order valence-corrected chi connectivity index (χ3v) is 8.00. The molecule has 4 aromatic rings. The molecule has 1 aliphatic carbocycles. The monoisotopic (exact) mass is 438 g/mol. The van der Waals surface area contributed by atoms with E-state index in [0.29, 0.717) is 0 Å². The van der Waals surface area contributed by atoms with E-state index in [1.54, 1.807) is 0 Å². The fraction of sp³-hybridized carbons (Fsp3) is 0.387. The van der Waals surface area contributed by atoms with Crippen LogP contribution in [-0.2, 0) is 9.53 Å². The van der Waals surface area contributed by atoms with Crippen molar-refractivity contribution in [3.05, 3.63) is 72.3 Å². The van der Waals surface area contributed by atoms with Crippen molar-refractivity contribution in [3.63, 3.8) is 0 Å². The lowest BCUT2D eigenvalue weighted by Gasteiger charge is -2.31. The average Bonchev–Trinajstić information content (AvgIpc) is 2.85. The molecule has 2 nitrogen and oxygen atoms in total. The summed E-state index contributed by atoms with van der Waals surface area (Å²) in [4.78, 5) is 12.9. The minimum Gasteiger partial charge on any atom is -0.458 e. The summed E-state index contributed by atoms with van der Waals surface area (Å²) in [6, 6.07) is 24.0. The zero-order chi connectivity index (χ0) is 22.9. The first-order valence-electron chi connectivity index (χ1n) is 12.6. The maximum absolute atomic E-state index is 12.9. The summed E-state index contributed by atoms with van der Waals surface area (Å²) < 4.78 is 5.95. The SMILES string of the molecule is CCC(C)C1CCC(C(=O)OC(C)c2ccc3cc4cc5ccccc5cc4cc3c2)CC1. The van der Waals surface area contributed by atoms with E-state index < -0.39 is 0 Å². The molecule has 2 unspecified atom stereocenters. The van der Waals surface area contributed by atoms with E-state index in [0.717, 1.165) is 43.1 Å². The van der Waals surface area contributed by atoms with Crippen molar-refractivity contribution in [2.45, 2.75) is 59.0 Å². The molecule has 0 N–H and O–H groups in total. The fourth-order valence-corrected chi connectivity index (χ4v) is 5.56. The van der Waals surface area contributed by atoms with Crippen molar-refractivity contribution in [2.75, 3.05) is 0 Å². The fourth-order valence-electron chi connectivity index (χ4n) is 5.56. The summed E-state index contributed by atoms with van der Waals surface area (Å²) in [5, 5.41) is 7.41. The van der Waals surface area contributed by atoms with Gasteiger partial charge < -0.3 is 4.74 Å². The molecule has 33 heavy (non-hydrogen) atoms. The van der Waals surface area contributed by atoms with Gasteiger partial charge in [0.2, 0.25) is 0 Å². The topological polar surface area (TPSA) is 26.3 Å². The normalized spacial score (nSPS) is 20.7. The smallest absolute Gasteiger partial charge is 0.309 e. The van der Waals surface area contributed by atoms with Gasteiger partial charge >= 0.3 is 5.97 Å². The second-order valence-electron chi connectivity index (χ2n) is 10.1. The van der Waals surface area contributed by atoms with Gasteiger partial charge in [0, 0.05) is 0 Å². The number of carbonyl (C=O) groups is 1.